The molecule has 18 heavy (non-hydrogen) atoms. The van der Waals surface area contributed by atoms with Gasteiger partial charge in [-0.2, -0.15) is 0 Å². The Morgan fingerprint density at radius 2 is 2.17 bits per heavy atom. The van der Waals surface area contributed by atoms with Gasteiger partial charge in [0.05, 0.1) is 19.8 Å². The van der Waals surface area contributed by atoms with Crippen molar-refractivity contribution in [2.24, 2.45) is 11.7 Å². The Bertz CT molecular complexity index is 216. The molecular formula is C13H28N2O3. The zero-order valence-electron chi connectivity index (χ0n) is 11.9. The summed E-state index contributed by atoms with van der Waals surface area (Å²) in [4.78, 5) is 2.38. The van der Waals surface area contributed by atoms with E-state index in [9.17, 15) is 0 Å². The molecule has 0 aromatic carbocycles. The van der Waals surface area contributed by atoms with Crippen molar-refractivity contribution in [3.05, 3.63) is 0 Å². The highest BCUT2D eigenvalue weighted by atomic mass is 16.5. The van der Waals surface area contributed by atoms with E-state index in [1.54, 1.807) is 14.2 Å². The molecule has 5 heteroatoms. The number of nitrogens with zero attached hydrogens (tertiary/aromatic N) is 1. The Balaban J connectivity index is 2.47. The fraction of sp³-hybridized carbons (Fsp3) is 1.00. The smallest absolute Gasteiger partial charge is 0.0615 e. The van der Waals surface area contributed by atoms with Crippen molar-refractivity contribution < 1.29 is 14.2 Å². The van der Waals surface area contributed by atoms with Crippen molar-refractivity contribution in [3.63, 3.8) is 0 Å². The van der Waals surface area contributed by atoms with Crippen molar-refractivity contribution in [1.29, 1.82) is 0 Å². The van der Waals surface area contributed by atoms with Crippen LogP contribution in [-0.2, 0) is 14.2 Å². The summed E-state index contributed by atoms with van der Waals surface area (Å²) in [7, 11) is 3.47. The third-order valence-corrected chi connectivity index (χ3v) is 3.62. The molecule has 2 N–H and O–H groups in total. The van der Waals surface area contributed by atoms with Gasteiger partial charge in [-0.05, 0) is 13.3 Å². The first-order chi connectivity index (χ1) is 8.69. The predicted molar refractivity (Wildman–Crippen MR) is 71.7 cm³/mol. The fourth-order valence-corrected chi connectivity index (χ4v) is 2.35. The Labute approximate surface area is 111 Å². The minimum Gasteiger partial charge on any atom is -0.383 e. The predicted octanol–water partition coefficient (Wildman–Crippen LogP) is 0.334. The van der Waals surface area contributed by atoms with Crippen LogP contribution in [0, 0.1) is 5.92 Å². The van der Waals surface area contributed by atoms with Crippen molar-refractivity contribution in [3.8, 4) is 0 Å². The van der Waals surface area contributed by atoms with Crippen LogP contribution in [0.25, 0.3) is 0 Å². The molecule has 0 aromatic heterocycles. The number of rotatable bonds is 8. The zero-order chi connectivity index (χ0) is 13.4. The highest BCUT2D eigenvalue weighted by Crippen LogP contribution is 2.15. The molecule has 0 aromatic rings. The molecule has 0 spiro atoms. The first kappa shape index (κ1) is 15.9. The molecule has 1 rings (SSSR count). The van der Waals surface area contributed by atoms with Crippen LogP contribution < -0.4 is 5.73 Å². The van der Waals surface area contributed by atoms with E-state index in [-0.39, 0.29) is 6.04 Å². The third kappa shape index (κ3) is 5.20. The topological polar surface area (TPSA) is 57.0 Å². The molecule has 0 radical (unpaired) electrons. The molecule has 108 valence electrons. The number of nitrogens with two attached hydrogens (primary N) is 1. The van der Waals surface area contributed by atoms with Gasteiger partial charge in [0.15, 0.2) is 0 Å². The van der Waals surface area contributed by atoms with E-state index in [0.717, 1.165) is 45.9 Å². The Morgan fingerprint density at radius 1 is 1.39 bits per heavy atom. The minimum absolute atomic E-state index is 0.249. The van der Waals surface area contributed by atoms with Crippen LogP contribution in [0.1, 0.15) is 13.3 Å². The van der Waals surface area contributed by atoms with Crippen LogP contribution >= 0.6 is 0 Å². The van der Waals surface area contributed by atoms with E-state index in [1.807, 2.05) is 0 Å². The Hall–Kier alpha value is -0.200. The van der Waals surface area contributed by atoms with Crippen LogP contribution in [0.5, 0.6) is 0 Å². The summed E-state index contributed by atoms with van der Waals surface area (Å²) in [6, 6.07) is 0.623. The van der Waals surface area contributed by atoms with Gasteiger partial charge in [0, 0.05) is 51.9 Å². The zero-order valence-corrected chi connectivity index (χ0v) is 11.9. The molecule has 1 fully saturated rings. The van der Waals surface area contributed by atoms with Gasteiger partial charge in [0.25, 0.3) is 0 Å². The molecule has 0 aliphatic carbocycles. The average Bonchev–Trinajstić information content (AvgIpc) is 2.36. The summed E-state index contributed by atoms with van der Waals surface area (Å²) in [5, 5.41) is 0. The lowest BCUT2D eigenvalue weighted by Crippen LogP contribution is -2.49. The van der Waals surface area contributed by atoms with Crippen molar-refractivity contribution in [2.45, 2.75) is 25.4 Å². The van der Waals surface area contributed by atoms with Crippen molar-refractivity contribution >= 4 is 0 Å². The van der Waals surface area contributed by atoms with E-state index in [2.05, 4.69) is 11.8 Å². The van der Waals surface area contributed by atoms with Crippen LogP contribution in [-0.4, -0.2) is 70.7 Å². The summed E-state index contributed by atoms with van der Waals surface area (Å²) in [6.45, 7) is 7.06. The van der Waals surface area contributed by atoms with E-state index in [0.29, 0.717) is 12.0 Å². The van der Waals surface area contributed by atoms with Crippen LogP contribution in [0.2, 0.25) is 0 Å². The lowest BCUT2D eigenvalue weighted by molar-refractivity contribution is 0.00570. The van der Waals surface area contributed by atoms with Crippen molar-refractivity contribution in [2.75, 3.05) is 53.7 Å². The molecule has 1 aliphatic rings. The lowest BCUT2D eigenvalue weighted by atomic mass is 9.95. The quantitative estimate of drug-likeness (QED) is 0.682. The lowest BCUT2D eigenvalue weighted by Gasteiger charge is -2.36. The maximum atomic E-state index is 6.16. The summed E-state index contributed by atoms with van der Waals surface area (Å²) >= 11 is 0. The largest absolute Gasteiger partial charge is 0.383 e. The fourth-order valence-electron chi connectivity index (χ4n) is 2.35. The van der Waals surface area contributed by atoms with Gasteiger partial charge >= 0.3 is 0 Å². The first-order valence-corrected chi connectivity index (χ1v) is 6.74. The van der Waals surface area contributed by atoms with Crippen molar-refractivity contribution in [1.82, 2.24) is 4.90 Å². The minimum atomic E-state index is 0.249. The number of methoxy groups -OCH3 is 2. The van der Waals surface area contributed by atoms with Gasteiger partial charge < -0.3 is 19.9 Å². The SMILES string of the molecule is COCCN(CC1COCCC1N)C(C)COC. The molecule has 0 bridgehead atoms. The normalized spacial score (nSPS) is 26.5. The second kappa shape index (κ2) is 8.82. The molecule has 0 saturated carbocycles. The van der Waals surface area contributed by atoms with Gasteiger partial charge in [0.2, 0.25) is 0 Å². The van der Waals surface area contributed by atoms with Gasteiger partial charge in [-0.15, -0.1) is 0 Å². The molecule has 1 heterocycles. The Kier molecular flexibility index (Phi) is 7.77. The van der Waals surface area contributed by atoms with Gasteiger partial charge in [-0.3, -0.25) is 4.90 Å². The molecule has 3 atom stereocenters. The Morgan fingerprint density at radius 3 is 2.78 bits per heavy atom. The maximum absolute atomic E-state index is 6.16. The maximum Gasteiger partial charge on any atom is 0.0615 e. The summed E-state index contributed by atoms with van der Waals surface area (Å²) in [5.74, 6) is 0.412. The number of hydrogen-bond acceptors (Lipinski definition) is 5. The number of hydrogen-bond donors (Lipinski definition) is 1. The molecule has 5 nitrogen and oxygen atoms in total. The average molecular weight is 260 g/mol. The molecule has 1 aliphatic heterocycles. The van der Waals surface area contributed by atoms with Gasteiger partial charge in [-0.1, -0.05) is 0 Å². The molecule has 3 unspecified atom stereocenters. The van der Waals surface area contributed by atoms with E-state index < -0.39 is 0 Å². The van der Waals surface area contributed by atoms with E-state index >= 15 is 0 Å². The van der Waals surface area contributed by atoms with E-state index in [1.165, 1.54) is 0 Å². The highest BCUT2D eigenvalue weighted by Gasteiger charge is 2.26. The standard InChI is InChI=1S/C13H28N2O3/c1-11(9-17-3)15(5-7-16-2)8-12-10-18-6-4-13(12)14/h11-13H,4-10,14H2,1-3H3. The van der Waals surface area contributed by atoms with Gasteiger partial charge in [-0.25, -0.2) is 0 Å². The highest BCUT2D eigenvalue weighted by molar-refractivity contribution is 4.81. The summed E-state index contributed by atoms with van der Waals surface area (Å²) < 4.78 is 15.9. The second-order valence-electron chi connectivity index (χ2n) is 5.08. The summed E-state index contributed by atoms with van der Waals surface area (Å²) in [5.41, 5.74) is 6.16. The molecule has 1 saturated heterocycles. The molecular weight excluding hydrogens is 232 g/mol. The summed E-state index contributed by atoms with van der Waals surface area (Å²) in [6.07, 6.45) is 0.960. The number of ether oxygens (including phenoxy) is 3. The monoisotopic (exact) mass is 260 g/mol. The second-order valence-corrected chi connectivity index (χ2v) is 5.08. The third-order valence-electron chi connectivity index (χ3n) is 3.62. The van der Waals surface area contributed by atoms with Gasteiger partial charge in [0.1, 0.15) is 0 Å². The van der Waals surface area contributed by atoms with Crippen LogP contribution in [0.3, 0.4) is 0 Å². The van der Waals surface area contributed by atoms with E-state index in [4.69, 9.17) is 19.9 Å². The first-order valence-electron chi connectivity index (χ1n) is 6.74. The van der Waals surface area contributed by atoms with Crippen LogP contribution in [0.15, 0.2) is 0 Å². The molecule has 0 amide bonds. The van der Waals surface area contributed by atoms with Crippen LogP contribution in [0.4, 0.5) is 0 Å².